The minimum absolute atomic E-state index is 0.278. The lowest BCUT2D eigenvalue weighted by Gasteiger charge is -2.35. The van der Waals surface area contributed by atoms with Crippen molar-refractivity contribution in [3.8, 4) is 0 Å². The molecule has 0 amide bonds. The quantitative estimate of drug-likeness (QED) is 0.582. The predicted octanol–water partition coefficient (Wildman–Crippen LogP) is 2.37. The standard InChI is InChI=1S/C12H21NO3/c14-12-7-6-10(8-11(12)13(15)16)9-4-2-1-3-5-9/h9-12,14H,1-8H2. The van der Waals surface area contributed by atoms with Gasteiger partial charge in [-0.25, -0.2) is 0 Å². The van der Waals surface area contributed by atoms with Crippen LogP contribution in [0.3, 0.4) is 0 Å². The first-order valence-corrected chi connectivity index (χ1v) is 6.50. The van der Waals surface area contributed by atoms with Gasteiger partial charge in [0.05, 0.1) is 0 Å². The second-order valence-corrected chi connectivity index (χ2v) is 5.39. The normalized spacial score (nSPS) is 37.2. The Bertz CT molecular complexity index is 251. The third-order valence-electron chi connectivity index (χ3n) is 4.41. The molecule has 0 radical (unpaired) electrons. The first-order valence-electron chi connectivity index (χ1n) is 6.50. The maximum atomic E-state index is 10.8. The van der Waals surface area contributed by atoms with Gasteiger partial charge in [0.1, 0.15) is 6.10 Å². The molecule has 16 heavy (non-hydrogen) atoms. The van der Waals surface area contributed by atoms with E-state index in [9.17, 15) is 15.2 Å². The van der Waals surface area contributed by atoms with Gasteiger partial charge in [0.15, 0.2) is 0 Å². The lowest BCUT2D eigenvalue weighted by atomic mass is 9.71. The average Bonchev–Trinajstić information content (AvgIpc) is 2.30. The summed E-state index contributed by atoms with van der Waals surface area (Å²) in [6, 6.07) is -0.708. The number of aliphatic hydroxyl groups excluding tert-OH is 1. The van der Waals surface area contributed by atoms with Crippen molar-refractivity contribution in [3.63, 3.8) is 0 Å². The van der Waals surface area contributed by atoms with E-state index in [1.807, 2.05) is 0 Å². The molecule has 2 rings (SSSR count). The molecule has 0 aromatic heterocycles. The molecule has 2 aliphatic rings. The van der Waals surface area contributed by atoms with E-state index < -0.39 is 12.1 Å². The van der Waals surface area contributed by atoms with Crippen LogP contribution in [-0.4, -0.2) is 22.2 Å². The van der Waals surface area contributed by atoms with Gasteiger partial charge in [-0.1, -0.05) is 32.1 Å². The van der Waals surface area contributed by atoms with Gasteiger partial charge >= 0.3 is 0 Å². The molecule has 0 aliphatic heterocycles. The Morgan fingerprint density at radius 1 is 1.00 bits per heavy atom. The van der Waals surface area contributed by atoms with Crippen molar-refractivity contribution in [2.24, 2.45) is 11.8 Å². The molecule has 3 atom stereocenters. The molecule has 92 valence electrons. The lowest BCUT2D eigenvalue weighted by Crippen LogP contribution is -2.41. The van der Waals surface area contributed by atoms with E-state index >= 15 is 0 Å². The Hall–Kier alpha value is -0.640. The Balaban J connectivity index is 1.93. The van der Waals surface area contributed by atoms with Crippen LogP contribution in [0.1, 0.15) is 51.4 Å². The summed E-state index contributed by atoms with van der Waals surface area (Å²) < 4.78 is 0. The van der Waals surface area contributed by atoms with Crippen molar-refractivity contribution in [3.05, 3.63) is 10.1 Å². The molecular formula is C12H21NO3. The fraction of sp³-hybridized carbons (Fsp3) is 1.00. The van der Waals surface area contributed by atoms with E-state index in [4.69, 9.17) is 0 Å². The molecule has 2 aliphatic carbocycles. The van der Waals surface area contributed by atoms with Gasteiger partial charge in [0.2, 0.25) is 6.04 Å². The van der Waals surface area contributed by atoms with Crippen LogP contribution < -0.4 is 0 Å². The number of rotatable bonds is 2. The number of nitrogens with zero attached hydrogens (tertiary/aromatic N) is 1. The summed E-state index contributed by atoms with van der Waals surface area (Å²) in [6.45, 7) is 0. The minimum atomic E-state index is -0.713. The smallest absolute Gasteiger partial charge is 0.238 e. The van der Waals surface area contributed by atoms with Crippen molar-refractivity contribution in [2.45, 2.75) is 63.5 Å². The highest BCUT2D eigenvalue weighted by Crippen LogP contribution is 2.38. The Kier molecular flexibility index (Phi) is 3.79. The van der Waals surface area contributed by atoms with Crippen molar-refractivity contribution < 1.29 is 10.0 Å². The number of hydrogen-bond donors (Lipinski definition) is 1. The van der Waals surface area contributed by atoms with Gasteiger partial charge in [0, 0.05) is 11.3 Å². The fourth-order valence-electron chi connectivity index (χ4n) is 3.42. The zero-order valence-corrected chi connectivity index (χ0v) is 9.68. The van der Waals surface area contributed by atoms with Crippen molar-refractivity contribution in [1.82, 2.24) is 0 Å². The van der Waals surface area contributed by atoms with Crippen LogP contribution in [-0.2, 0) is 0 Å². The summed E-state index contributed by atoms with van der Waals surface area (Å²) in [5.74, 6) is 1.17. The Labute approximate surface area is 96.2 Å². The predicted molar refractivity (Wildman–Crippen MR) is 60.7 cm³/mol. The highest BCUT2D eigenvalue weighted by molar-refractivity contribution is 4.84. The van der Waals surface area contributed by atoms with Gasteiger partial charge < -0.3 is 5.11 Å². The van der Waals surface area contributed by atoms with E-state index in [-0.39, 0.29) is 4.92 Å². The molecule has 0 aromatic rings. The maximum Gasteiger partial charge on any atom is 0.238 e. The summed E-state index contributed by atoms with van der Waals surface area (Å²) in [5, 5.41) is 20.5. The van der Waals surface area contributed by atoms with Crippen LogP contribution in [0, 0.1) is 22.0 Å². The largest absolute Gasteiger partial charge is 0.386 e. The molecule has 0 aromatic carbocycles. The number of hydrogen-bond acceptors (Lipinski definition) is 3. The first-order chi connectivity index (χ1) is 7.68. The second-order valence-electron chi connectivity index (χ2n) is 5.39. The molecule has 1 N–H and O–H groups in total. The minimum Gasteiger partial charge on any atom is -0.386 e. The highest BCUT2D eigenvalue weighted by Gasteiger charge is 2.39. The van der Waals surface area contributed by atoms with E-state index in [1.54, 1.807) is 0 Å². The molecule has 2 fully saturated rings. The molecule has 4 nitrogen and oxygen atoms in total. The highest BCUT2D eigenvalue weighted by atomic mass is 16.6. The van der Waals surface area contributed by atoms with Crippen LogP contribution in [0.25, 0.3) is 0 Å². The third-order valence-corrected chi connectivity index (χ3v) is 4.41. The van der Waals surface area contributed by atoms with Gasteiger partial charge in [-0.05, 0) is 24.7 Å². The monoisotopic (exact) mass is 227 g/mol. The van der Waals surface area contributed by atoms with E-state index in [2.05, 4.69) is 0 Å². The first kappa shape index (κ1) is 11.8. The Morgan fingerprint density at radius 2 is 1.69 bits per heavy atom. The fourth-order valence-corrected chi connectivity index (χ4v) is 3.42. The van der Waals surface area contributed by atoms with E-state index in [0.717, 1.165) is 6.42 Å². The molecule has 0 bridgehead atoms. The molecule has 0 saturated heterocycles. The summed E-state index contributed by atoms with van der Waals surface area (Å²) >= 11 is 0. The zero-order chi connectivity index (χ0) is 11.5. The van der Waals surface area contributed by atoms with Crippen LogP contribution in [0.15, 0.2) is 0 Å². The average molecular weight is 227 g/mol. The van der Waals surface area contributed by atoms with Gasteiger partial charge in [0.25, 0.3) is 0 Å². The van der Waals surface area contributed by atoms with Crippen LogP contribution >= 0.6 is 0 Å². The SMILES string of the molecule is O=[N+]([O-])C1CC(C2CCCCC2)CCC1O. The van der Waals surface area contributed by atoms with Crippen molar-refractivity contribution in [2.75, 3.05) is 0 Å². The topological polar surface area (TPSA) is 63.4 Å². The summed E-state index contributed by atoms with van der Waals surface area (Å²) in [5.41, 5.74) is 0. The Morgan fingerprint density at radius 3 is 2.31 bits per heavy atom. The lowest BCUT2D eigenvalue weighted by molar-refractivity contribution is -0.540. The number of nitro groups is 1. The van der Waals surface area contributed by atoms with E-state index in [1.165, 1.54) is 32.1 Å². The molecular weight excluding hydrogens is 206 g/mol. The number of aliphatic hydroxyl groups is 1. The summed E-state index contributed by atoms with van der Waals surface area (Å²) in [6.07, 6.45) is 7.86. The molecule has 4 heteroatoms. The van der Waals surface area contributed by atoms with Crippen LogP contribution in [0.2, 0.25) is 0 Å². The molecule has 0 heterocycles. The van der Waals surface area contributed by atoms with Gasteiger partial charge in [-0.15, -0.1) is 0 Å². The summed E-state index contributed by atoms with van der Waals surface area (Å²) in [4.78, 5) is 10.6. The summed E-state index contributed by atoms with van der Waals surface area (Å²) in [7, 11) is 0. The van der Waals surface area contributed by atoms with Crippen LogP contribution in [0.4, 0.5) is 0 Å². The van der Waals surface area contributed by atoms with Crippen molar-refractivity contribution >= 4 is 0 Å². The van der Waals surface area contributed by atoms with Crippen LogP contribution in [0.5, 0.6) is 0 Å². The van der Waals surface area contributed by atoms with E-state index in [0.29, 0.717) is 24.7 Å². The van der Waals surface area contributed by atoms with Gasteiger partial charge in [-0.3, -0.25) is 10.1 Å². The molecule has 0 spiro atoms. The van der Waals surface area contributed by atoms with Gasteiger partial charge in [-0.2, -0.15) is 0 Å². The second kappa shape index (κ2) is 5.13. The zero-order valence-electron chi connectivity index (χ0n) is 9.68. The maximum absolute atomic E-state index is 10.8. The van der Waals surface area contributed by atoms with Crippen molar-refractivity contribution in [1.29, 1.82) is 0 Å². The molecule has 2 saturated carbocycles. The molecule has 3 unspecified atom stereocenters. The third kappa shape index (κ3) is 2.54.